The first-order valence-corrected chi connectivity index (χ1v) is 5.91. The highest BCUT2D eigenvalue weighted by molar-refractivity contribution is 9.13. The third-order valence-corrected chi connectivity index (χ3v) is 4.71. The summed E-state index contributed by atoms with van der Waals surface area (Å²) in [7, 11) is 0. The predicted molar refractivity (Wildman–Crippen MR) is 59.8 cm³/mol. The van der Waals surface area contributed by atoms with E-state index < -0.39 is 0 Å². The highest BCUT2D eigenvalue weighted by Crippen LogP contribution is 2.36. The van der Waals surface area contributed by atoms with Crippen molar-refractivity contribution in [3.8, 4) is 10.7 Å². The summed E-state index contributed by atoms with van der Waals surface area (Å²) in [6.45, 7) is 1.88. The molecule has 0 bridgehead atoms. The maximum absolute atomic E-state index is 4.24. The van der Waals surface area contributed by atoms with Gasteiger partial charge in [-0.15, -0.1) is 11.3 Å². The van der Waals surface area contributed by atoms with Gasteiger partial charge in [0.05, 0.1) is 8.66 Å². The third kappa shape index (κ3) is 1.84. The molecule has 2 heterocycles. The minimum Gasteiger partial charge on any atom is -0.263 e. The molecule has 0 aromatic carbocycles. The van der Waals surface area contributed by atoms with Gasteiger partial charge in [-0.05, 0) is 44.8 Å². The van der Waals surface area contributed by atoms with Crippen LogP contribution < -0.4 is 0 Å². The molecule has 0 saturated carbocycles. The molecule has 0 fully saturated rings. The van der Waals surface area contributed by atoms with E-state index >= 15 is 0 Å². The number of aromatic amines is 1. The molecule has 68 valence electrons. The first kappa shape index (κ1) is 9.36. The number of rotatable bonds is 1. The normalized spacial score (nSPS) is 10.7. The Hall–Kier alpha value is -0.200. The Balaban J connectivity index is 2.46. The first-order chi connectivity index (χ1) is 6.16. The van der Waals surface area contributed by atoms with Crippen molar-refractivity contribution in [1.82, 2.24) is 15.2 Å². The van der Waals surface area contributed by atoms with Crippen molar-refractivity contribution in [3.63, 3.8) is 0 Å². The summed E-state index contributed by atoms with van der Waals surface area (Å²) in [5, 5.41) is 6.88. The number of H-pyrrole nitrogens is 1. The Morgan fingerprint density at radius 1 is 1.46 bits per heavy atom. The Morgan fingerprint density at radius 2 is 2.23 bits per heavy atom. The minimum absolute atomic E-state index is 0.744. The molecule has 0 aliphatic heterocycles. The molecule has 0 spiro atoms. The van der Waals surface area contributed by atoms with E-state index in [1.807, 2.05) is 13.0 Å². The highest BCUT2D eigenvalue weighted by atomic mass is 79.9. The van der Waals surface area contributed by atoms with Crippen LogP contribution in [0, 0.1) is 6.92 Å². The second-order valence-corrected chi connectivity index (χ2v) is 5.70. The fourth-order valence-electron chi connectivity index (χ4n) is 0.910. The SMILES string of the molecule is Cc1nc(-c2cc(Br)c(Br)s2)n[nH]1. The van der Waals surface area contributed by atoms with Crippen LogP contribution in [0.25, 0.3) is 10.7 Å². The van der Waals surface area contributed by atoms with Gasteiger partial charge in [-0.2, -0.15) is 5.10 Å². The molecule has 0 amide bonds. The average molecular weight is 323 g/mol. The predicted octanol–water partition coefficient (Wildman–Crippen LogP) is 3.37. The van der Waals surface area contributed by atoms with Crippen molar-refractivity contribution < 1.29 is 0 Å². The maximum Gasteiger partial charge on any atom is 0.191 e. The van der Waals surface area contributed by atoms with Crippen LogP contribution in [0.3, 0.4) is 0 Å². The molecule has 0 atom stereocenters. The van der Waals surface area contributed by atoms with Crippen LogP contribution in [0.4, 0.5) is 0 Å². The smallest absolute Gasteiger partial charge is 0.191 e. The summed E-state index contributed by atoms with van der Waals surface area (Å²) in [4.78, 5) is 5.28. The monoisotopic (exact) mass is 321 g/mol. The van der Waals surface area contributed by atoms with Gasteiger partial charge in [-0.25, -0.2) is 4.98 Å². The zero-order chi connectivity index (χ0) is 9.42. The molecule has 13 heavy (non-hydrogen) atoms. The Morgan fingerprint density at radius 3 is 2.69 bits per heavy atom. The molecule has 2 rings (SSSR count). The molecular weight excluding hydrogens is 318 g/mol. The van der Waals surface area contributed by atoms with Crippen LogP contribution in [0.15, 0.2) is 14.3 Å². The van der Waals surface area contributed by atoms with E-state index in [0.29, 0.717) is 0 Å². The molecule has 0 aliphatic rings. The summed E-state index contributed by atoms with van der Waals surface area (Å²) >= 11 is 8.45. The van der Waals surface area contributed by atoms with Gasteiger partial charge < -0.3 is 0 Å². The summed E-state index contributed by atoms with van der Waals surface area (Å²) in [6, 6.07) is 2.00. The van der Waals surface area contributed by atoms with Gasteiger partial charge in [0.25, 0.3) is 0 Å². The Kier molecular flexibility index (Phi) is 2.53. The van der Waals surface area contributed by atoms with Gasteiger partial charge >= 0.3 is 0 Å². The van der Waals surface area contributed by atoms with Crippen molar-refractivity contribution in [3.05, 3.63) is 20.1 Å². The number of aryl methyl sites for hydroxylation is 1. The van der Waals surface area contributed by atoms with E-state index in [-0.39, 0.29) is 0 Å². The summed E-state index contributed by atoms with van der Waals surface area (Å²) < 4.78 is 2.10. The zero-order valence-electron chi connectivity index (χ0n) is 6.64. The topological polar surface area (TPSA) is 41.6 Å². The minimum atomic E-state index is 0.744. The standard InChI is InChI=1S/C7H5Br2N3S/c1-3-10-7(12-11-3)5-2-4(8)6(9)13-5/h2H,1H3,(H,10,11,12). The average Bonchev–Trinajstić information content (AvgIpc) is 2.61. The molecule has 0 unspecified atom stereocenters. The van der Waals surface area contributed by atoms with E-state index in [1.165, 1.54) is 0 Å². The van der Waals surface area contributed by atoms with Gasteiger partial charge in [0.2, 0.25) is 0 Å². The summed E-state index contributed by atoms with van der Waals surface area (Å²) in [5.74, 6) is 1.57. The van der Waals surface area contributed by atoms with Crippen LogP contribution >= 0.6 is 43.2 Å². The summed E-state index contributed by atoms with van der Waals surface area (Å²) in [5.41, 5.74) is 0. The lowest BCUT2D eigenvalue weighted by molar-refractivity contribution is 1.04. The lowest BCUT2D eigenvalue weighted by Crippen LogP contribution is -1.73. The number of thiophene rings is 1. The molecule has 0 saturated heterocycles. The second kappa shape index (κ2) is 3.51. The van der Waals surface area contributed by atoms with Crippen LogP contribution in [0.2, 0.25) is 0 Å². The number of nitrogens with one attached hydrogen (secondary N) is 1. The van der Waals surface area contributed by atoms with Crippen molar-refractivity contribution in [2.24, 2.45) is 0 Å². The molecular formula is C7H5Br2N3S. The van der Waals surface area contributed by atoms with Gasteiger partial charge in [0, 0.05) is 4.47 Å². The fraction of sp³-hybridized carbons (Fsp3) is 0.143. The van der Waals surface area contributed by atoms with E-state index in [0.717, 1.165) is 24.8 Å². The molecule has 1 N–H and O–H groups in total. The van der Waals surface area contributed by atoms with Crippen molar-refractivity contribution in [1.29, 1.82) is 0 Å². The van der Waals surface area contributed by atoms with Gasteiger partial charge in [0.1, 0.15) is 5.82 Å². The number of halogens is 2. The lowest BCUT2D eigenvalue weighted by Gasteiger charge is -1.82. The third-order valence-electron chi connectivity index (χ3n) is 1.46. The van der Waals surface area contributed by atoms with Crippen LogP contribution in [-0.2, 0) is 0 Å². The van der Waals surface area contributed by atoms with Gasteiger partial charge in [-0.3, -0.25) is 5.10 Å². The van der Waals surface area contributed by atoms with Crippen LogP contribution in [0.1, 0.15) is 5.82 Å². The van der Waals surface area contributed by atoms with Crippen molar-refractivity contribution in [2.75, 3.05) is 0 Å². The molecule has 2 aromatic heterocycles. The van der Waals surface area contributed by atoms with E-state index in [2.05, 4.69) is 47.0 Å². The Labute approximate surface area is 95.8 Å². The van der Waals surface area contributed by atoms with E-state index in [9.17, 15) is 0 Å². The first-order valence-electron chi connectivity index (χ1n) is 3.51. The second-order valence-electron chi connectivity index (χ2n) is 2.48. The Bertz CT molecular complexity index is 415. The number of hydrogen-bond donors (Lipinski definition) is 1. The van der Waals surface area contributed by atoms with Crippen molar-refractivity contribution >= 4 is 43.2 Å². The molecule has 2 aromatic rings. The van der Waals surface area contributed by atoms with E-state index in [4.69, 9.17) is 0 Å². The van der Waals surface area contributed by atoms with Crippen molar-refractivity contribution in [2.45, 2.75) is 6.92 Å². The van der Waals surface area contributed by atoms with E-state index in [1.54, 1.807) is 11.3 Å². The van der Waals surface area contributed by atoms with Crippen LogP contribution in [0.5, 0.6) is 0 Å². The summed E-state index contributed by atoms with van der Waals surface area (Å²) in [6.07, 6.45) is 0. The number of nitrogens with zero attached hydrogens (tertiary/aromatic N) is 2. The molecule has 0 aliphatic carbocycles. The molecule has 3 nitrogen and oxygen atoms in total. The fourth-order valence-corrected chi connectivity index (χ4v) is 2.88. The largest absolute Gasteiger partial charge is 0.263 e. The van der Waals surface area contributed by atoms with Gasteiger partial charge in [-0.1, -0.05) is 0 Å². The highest BCUT2D eigenvalue weighted by Gasteiger charge is 2.09. The molecule has 0 radical (unpaired) electrons. The molecule has 6 heteroatoms. The quantitative estimate of drug-likeness (QED) is 0.874. The van der Waals surface area contributed by atoms with Gasteiger partial charge in [0.15, 0.2) is 5.82 Å². The number of hydrogen-bond acceptors (Lipinski definition) is 3. The maximum atomic E-state index is 4.24. The number of aromatic nitrogens is 3. The lowest BCUT2D eigenvalue weighted by atomic mass is 10.4. The van der Waals surface area contributed by atoms with Crippen LogP contribution in [-0.4, -0.2) is 15.2 Å². The zero-order valence-corrected chi connectivity index (χ0v) is 10.6.